The van der Waals surface area contributed by atoms with Gasteiger partial charge < -0.3 is 5.73 Å². The molecule has 0 aromatic heterocycles. The summed E-state index contributed by atoms with van der Waals surface area (Å²) in [5.74, 6) is -0.798. The van der Waals surface area contributed by atoms with Crippen LogP contribution in [0.4, 0.5) is 5.69 Å². The molecule has 17 heavy (non-hydrogen) atoms. The van der Waals surface area contributed by atoms with E-state index in [1.807, 2.05) is 0 Å². The molecule has 0 saturated heterocycles. The van der Waals surface area contributed by atoms with Crippen molar-refractivity contribution < 1.29 is 16.8 Å². The first-order valence-electron chi connectivity index (χ1n) is 5.05. The average molecular weight is 277 g/mol. The quantitative estimate of drug-likeness (QED) is 0.790. The number of sulfone groups is 2. The van der Waals surface area contributed by atoms with Crippen molar-refractivity contribution in [2.75, 3.05) is 23.0 Å². The van der Waals surface area contributed by atoms with E-state index in [-0.39, 0.29) is 16.4 Å². The Labute approximate surface area is 101 Å². The summed E-state index contributed by atoms with van der Waals surface area (Å²) in [6, 6.07) is 5.70. The van der Waals surface area contributed by atoms with Crippen LogP contribution in [-0.2, 0) is 19.7 Å². The highest BCUT2D eigenvalue weighted by Gasteiger charge is 2.18. The Hall–Kier alpha value is -1.08. The number of hydrogen-bond acceptors (Lipinski definition) is 5. The van der Waals surface area contributed by atoms with Crippen LogP contribution in [0.5, 0.6) is 0 Å². The van der Waals surface area contributed by atoms with Crippen LogP contribution in [-0.4, -0.2) is 34.1 Å². The van der Waals surface area contributed by atoms with Gasteiger partial charge in [-0.05, 0) is 24.3 Å². The average Bonchev–Trinajstić information content (AvgIpc) is 2.27. The Morgan fingerprint density at radius 1 is 1.00 bits per heavy atom. The summed E-state index contributed by atoms with van der Waals surface area (Å²) >= 11 is 0. The van der Waals surface area contributed by atoms with E-state index in [2.05, 4.69) is 0 Å². The zero-order valence-corrected chi connectivity index (χ0v) is 11.1. The van der Waals surface area contributed by atoms with Crippen LogP contribution in [0.1, 0.15) is 6.92 Å². The monoisotopic (exact) mass is 277 g/mol. The first-order valence-corrected chi connectivity index (χ1v) is 8.53. The summed E-state index contributed by atoms with van der Waals surface area (Å²) in [4.78, 5) is 0.0954. The Balaban J connectivity index is 2.87. The molecular weight excluding hydrogens is 262 g/mol. The number of rotatable bonds is 5. The van der Waals surface area contributed by atoms with Gasteiger partial charge in [-0.15, -0.1) is 0 Å². The summed E-state index contributed by atoms with van der Waals surface area (Å²) in [5, 5.41) is 0. The van der Waals surface area contributed by atoms with Crippen LogP contribution in [0.25, 0.3) is 0 Å². The summed E-state index contributed by atoms with van der Waals surface area (Å²) < 4.78 is 46.1. The molecule has 0 unspecified atom stereocenters. The van der Waals surface area contributed by atoms with Gasteiger partial charge in [0.05, 0.1) is 16.4 Å². The maximum atomic E-state index is 11.8. The van der Waals surface area contributed by atoms with E-state index in [1.165, 1.54) is 31.2 Å². The normalized spacial score (nSPS) is 12.5. The van der Waals surface area contributed by atoms with E-state index in [9.17, 15) is 16.8 Å². The molecule has 0 fully saturated rings. The zero-order chi connectivity index (χ0) is 13.1. The second-order valence-electron chi connectivity index (χ2n) is 3.62. The molecule has 2 N–H and O–H groups in total. The second-order valence-corrected chi connectivity index (χ2v) is 8.21. The van der Waals surface area contributed by atoms with Gasteiger partial charge in [0.1, 0.15) is 0 Å². The molecular formula is C10H15NO4S2. The lowest BCUT2D eigenvalue weighted by Gasteiger charge is -2.04. The number of hydrogen-bond donors (Lipinski definition) is 1. The first kappa shape index (κ1) is 14.0. The molecule has 7 heteroatoms. The molecule has 0 amide bonds. The van der Waals surface area contributed by atoms with Crippen molar-refractivity contribution in [1.82, 2.24) is 0 Å². The third kappa shape index (κ3) is 4.01. The molecule has 0 aliphatic heterocycles. The fourth-order valence-electron chi connectivity index (χ4n) is 1.17. The Kier molecular flexibility index (Phi) is 4.16. The van der Waals surface area contributed by atoms with E-state index in [0.29, 0.717) is 5.69 Å². The number of benzene rings is 1. The van der Waals surface area contributed by atoms with Crippen molar-refractivity contribution in [2.24, 2.45) is 0 Å². The summed E-state index contributed by atoms with van der Waals surface area (Å²) in [7, 11) is -6.83. The summed E-state index contributed by atoms with van der Waals surface area (Å²) in [6.45, 7) is 1.49. The summed E-state index contributed by atoms with van der Waals surface area (Å²) in [5.41, 5.74) is 5.91. The van der Waals surface area contributed by atoms with E-state index in [4.69, 9.17) is 5.73 Å². The highest BCUT2D eigenvalue weighted by Crippen LogP contribution is 2.13. The number of nitrogen functional groups attached to an aromatic ring is 1. The maximum absolute atomic E-state index is 11.8. The van der Waals surface area contributed by atoms with Crippen LogP contribution in [0.15, 0.2) is 29.2 Å². The van der Waals surface area contributed by atoms with E-state index < -0.39 is 25.4 Å². The molecule has 96 valence electrons. The van der Waals surface area contributed by atoms with E-state index in [0.717, 1.165) is 0 Å². The fraction of sp³-hybridized carbons (Fsp3) is 0.400. The van der Waals surface area contributed by atoms with Crippen molar-refractivity contribution in [2.45, 2.75) is 11.8 Å². The van der Waals surface area contributed by atoms with Crippen LogP contribution < -0.4 is 5.73 Å². The van der Waals surface area contributed by atoms with Gasteiger partial charge in [0, 0.05) is 11.4 Å². The van der Waals surface area contributed by atoms with Crippen LogP contribution in [0, 0.1) is 0 Å². The fourth-order valence-corrected chi connectivity index (χ4v) is 4.14. The van der Waals surface area contributed by atoms with Gasteiger partial charge >= 0.3 is 0 Å². The van der Waals surface area contributed by atoms with Gasteiger partial charge in [-0.25, -0.2) is 16.8 Å². The highest BCUT2D eigenvalue weighted by molar-refractivity contribution is 7.95. The first-order chi connectivity index (χ1) is 7.77. The minimum Gasteiger partial charge on any atom is -0.399 e. The van der Waals surface area contributed by atoms with Crippen molar-refractivity contribution in [3.8, 4) is 0 Å². The SMILES string of the molecule is CCS(=O)(=O)CCS(=O)(=O)c1ccc(N)cc1. The van der Waals surface area contributed by atoms with Crippen LogP contribution >= 0.6 is 0 Å². The maximum Gasteiger partial charge on any atom is 0.179 e. The van der Waals surface area contributed by atoms with Gasteiger partial charge in [0.2, 0.25) is 0 Å². The molecule has 1 aromatic rings. The standard InChI is InChI=1S/C10H15NO4S2/c1-2-16(12,13)7-8-17(14,15)10-5-3-9(11)4-6-10/h3-6H,2,7-8,11H2,1H3. The van der Waals surface area contributed by atoms with Crippen molar-refractivity contribution in [3.05, 3.63) is 24.3 Å². The largest absolute Gasteiger partial charge is 0.399 e. The molecule has 1 aromatic carbocycles. The smallest absolute Gasteiger partial charge is 0.179 e. The number of nitrogens with two attached hydrogens (primary N) is 1. The van der Waals surface area contributed by atoms with Crippen molar-refractivity contribution in [1.29, 1.82) is 0 Å². The van der Waals surface area contributed by atoms with Gasteiger partial charge in [-0.2, -0.15) is 0 Å². The molecule has 1 rings (SSSR count). The third-order valence-corrected chi connectivity index (χ3v) is 6.04. The Morgan fingerprint density at radius 2 is 1.53 bits per heavy atom. The van der Waals surface area contributed by atoms with E-state index >= 15 is 0 Å². The lowest BCUT2D eigenvalue weighted by molar-refractivity contribution is 0.588. The molecule has 0 spiro atoms. The van der Waals surface area contributed by atoms with Crippen LogP contribution in [0.2, 0.25) is 0 Å². The number of anilines is 1. The van der Waals surface area contributed by atoms with Gasteiger partial charge in [-0.1, -0.05) is 6.92 Å². The highest BCUT2D eigenvalue weighted by atomic mass is 32.2. The lowest BCUT2D eigenvalue weighted by Crippen LogP contribution is -2.18. The van der Waals surface area contributed by atoms with Gasteiger partial charge in [0.15, 0.2) is 19.7 Å². The predicted octanol–water partition coefficient (Wildman–Crippen LogP) is 0.477. The predicted molar refractivity (Wildman–Crippen MR) is 67.2 cm³/mol. The molecule has 5 nitrogen and oxygen atoms in total. The third-order valence-electron chi connectivity index (χ3n) is 2.34. The molecule has 0 radical (unpaired) electrons. The Bertz CT molecular complexity index is 573. The minimum atomic E-state index is -3.56. The molecule has 0 bridgehead atoms. The molecule has 0 aliphatic carbocycles. The summed E-state index contributed by atoms with van der Waals surface area (Å²) in [6.07, 6.45) is 0. The van der Waals surface area contributed by atoms with Crippen molar-refractivity contribution >= 4 is 25.4 Å². The minimum absolute atomic E-state index is 0.0513. The van der Waals surface area contributed by atoms with Crippen LogP contribution in [0.3, 0.4) is 0 Å². The molecule has 0 atom stereocenters. The van der Waals surface area contributed by atoms with Gasteiger partial charge in [0.25, 0.3) is 0 Å². The zero-order valence-electron chi connectivity index (χ0n) is 9.46. The molecule has 0 saturated carbocycles. The van der Waals surface area contributed by atoms with Gasteiger partial charge in [-0.3, -0.25) is 0 Å². The van der Waals surface area contributed by atoms with E-state index in [1.54, 1.807) is 0 Å². The molecule has 0 heterocycles. The molecule has 0 aliphatic rings. The second kappa shape index (κ2) is 5.05. The lowest BCUT2D eigenvalue weighted by atomic mass is 10.3. The van der Waals surface area contributed by atoms with Crippen molar-refractivity contribution in [3.63, 3.8) is 0 Å². The topological polar surface area (TPSA) is 94.3 Å². The Morgan fingerprint density at radius 3 is 2.00 bits per heavy atom.